The van der Waals surface area contributed by atoms with Gasteiger partial charge in [0.1, 0.15) is 0 Å². The predicted octanol–water partition coefficient (Wildman–Crippen LogP) is 3.60. The Balaban J connectivity index is 1.51. The lowest BCUT2D eigenvalue weighted by Gasteiger charge is -2.32. The summed E-state index contributed by atoms with van der Waals surface area (Å²) in [5.41, 5.74) is 3.05. The molecule has 0 amide bonds. The standard InChI is InChI=1S/C18H22N2S/c1-2-6-17-14(4-1)9-10-19-18(17)13-20(15-7-8-15)12-16-5-3-11-21-16/h1-6,11,15,18-19H,7-10,12-13H2. The van der Waals surface area contributed by atoms with Gasteiger partial charge in [-0.1, -0.05) is 30.3 Å². The van der Waals surface area contributed by atoms with E-state index in [4.69, 9.17) is 0 Å². The van der Waals surface area contributed by atoms with Gasteiger partial charge in [-0.15, -0.1) is 11.3 Å². The minimum absolute atomic E-state index is 0.496. The zero-order chi connectivity index (χ0) is 14.1. The molecule has 1 N–H and O–H groups in total. The first-order chi connectivity index (χ1) is 10.4. The maximum atomic E-state index is 3.73. The van der Waals surface area contributed by atoms with Gasteiger partial charge in [0.25, 0.3) is 0 Å². The maximum absolute atomic E-state index is 3.73. The third kappa shape index (κ3) is 3.05. The molecule has 1 unspecified atom stereocenters. The fraction of sp³-hybridized carbons (Fsp3) is 0.444. The largest absolute Gasteiger partial charge is 0.309 e. The van der Waals surface area contributed by atoms with Crippen molar-refractivity contribution in [2.45, 2.75) is 37.9 Å². The van der Waals surface area contributed by atoms with Crippen molar-refractivity contribution < 1.29 is 0 Å². The van der Waals surface area contributed by atoms with Gasteiger partial charge in [-0.3, -0.25) is 4.90 Å². The highest BCUT2D eigenvalue weighted by Gasteiger charge is 2.32. The molecule has 0 bridgehead atoms. The van der Waals surface area contributed by atoms with Gasteiger partial charge >= 0.3 is 0 Å². The number of benzene rings is 1. The Morgan fingerprint density at radius 2 is 2.05 bits per heavy atom. The molecule has 1 aliphatic carbocycles. The van der Waals surface area contributed by atoms with Crippen molar-refractivity contribution in [3.05, 3.63) is 57.8 Å². The van der Waals surface area contributed by atoms with Crippen LogP contribution >= 0.6 is 11.3 Å². The molecule has 3 heteroatoms. The van der Waals surface area contributed by atoms with E-state index in [2.05, 4.69) is 52.0 Å². The van der Waals surface area contributed by atoms with Crippen molar-refractivity contribution >= 4 is 11.3 Å². The molecule has 2 aliphatic rings. The second-order valence-electron chi connectivity index (χ2n) is 6.20. The number of rotatable bonds is 5. The number of fused-ring (bicyclic) bond motifs is 1. The van der Waals surface area contributed by atoms with E-state index in [1.54, 1.807) is 0 Å². The molecule has 1 aromatic carbocycles. The number of nitrogens with zero attached hydrogens (tertiary/aromatic N) is 1. The Kier molecular flexibility index (Phi) is 3.80. The monoisotopic (exact) mass is 298 g/mol. The molecule has 1 aliphatic heterocycles. The lowest BCUT2D eigenvalue weighted by atomic mass is 9.94. The van der Waals surface area contributed by atoms with Gasteiger partial charge in [-0.25, -0.2) is 0 Å². The molecule has 0 spiro atoms. The molecule has 110 valence electrons. The van der Waals surface area contributed by atoms with E-state index in [1.165, 1.54) is 35.3 Å². The molecule has 2 heterocycles. The van der Waals surface area contributed by atoms with Crippen LogP contribution in [0.3, 0.4) is 0 Å². The summed E-state index contributed by atoms with van der Waals surface area (Å²) in [6.45, 7) is 3.36. The average molecular weight is 298 g/mol. The lowest BCUT2D eigenvalue weighted by Crippen LogP contribution is -2.39. The highest BCUT2D eigenvalue weighted by molar-refractivity contribution is 7.09. The van der Waals surface area contributed by atoms with Gasteiger partial charge in [0.05, 0.1) is 0 Å². The molecule has 0 radical (unpaired) electrons. The first kappa shape index (κ1) is 13.5. The van der Waals surface area contributed by atoms with E-state index in [-0.39, 0.29) is 0 Å². The quantitative estimate of drug-likeness (QED) is 0.907. The zero-order valence-corrected chi connectivity index (χ0v) is 13.1. The number of hydrogen-bond donors (Lipinski definition) is 1. The molecule has 1 aromatic heterocycles. The summed E-state index contributed by atoms with van der Waals surface area (Å²) >= 11 is 1.88. The van der Waals surface area contributed by atoms with Crippen LogP contribution in [-0.2, 0) is 13.0 Å². The average Bonchev–Trinajstić information content (AvgIpc) is 3.25. The van der Waals surface area contributed by atoms with Gasteiger partial charge in [0.15, 0.2) is 0 Å². The molecular weight excluding hydrogens is 276 g/mol. The number of hydrogen-bond acceptors (Lipinski definition) is 3. The van der Waals surface area contributed by atoms with Crippen LogP contribution in [0.4, 0.5) is 0 Å². The van der Waals surface area contributed by atoms with Crippen molar-refractivity contribution in [2.24, 2.45) is 0 Å². The van der Waals surface area contributed by atoms with Crippen LogP contribution in [0.15, 0.2) is 41.8 Å². The van der Waals surface area contributed by atoms with E-state index in [0.717, 1.165) is 25.7 Å². The van der Waals surface area contributed by atoms with Crippen molar-refractivity contribution in [2.75, 3.05) is 13.1 Å². The molecule has 1 fully saturated rings. The third-order valence-corrected chi connectivity index (χ3v) is 5.50. The van der Waals surface area contributed by atoms with Crippen molar-refractivity contribution in [3.8, 4) is 0 Å². The first-order valence-corrected chi connectivity index (χ1v) is 8.86. The smallest absolute Gasteiger partial charge is 0.0452 e. The molecule has 21 heavy (non-hydrogen) atoms. The molecule has 4 rings (SSSR count). The summed E-state index contributed by atoms with van der Waals surface area (Å²) in [6, 6.07) is 14.7. The van der Waals surface area contributed by atoms with Gasteiger partial charge in [0.2, 0.25) is 0 Å². The van der Waals surface area contributed by atoms with Gasteiger partial charge < -0.3 is 5.32 Å². The summed E-state index contributed by atoms with van der Waals surface area (Å²) in [5, 5.41) is 5.92. The molecule has 2 aromatic rings. The SMILES string of the molecule is c1csc(CN(CC2NCCc3ccccc32)C2CC2)c1. The maximum Gasteiger partial charge on any atom is 0.0452 e. The Bertz CT molecular complexity index is 589. The summed E-state index contributed by atoms with van der Waals surface area (Å²) in [6.07, 6.45) is 3.92. The first-order valence-electron chi connectivity index (χ1n) is 7.98. The minimum Gasteiger partial charge on any atom is -0.309 e. The van der Waals surface area contributed by atoms with Crippen LogP contribution in [0, 0.1) is 0 Å². The third-order valence-electron chi connectivity index (χ3n) is 4.63. The second kappa shape index (κ2) is 5.91. The number of nitrogens with one attached hydrogen (secondary N) is 1. The zero-order valence-electron chi connectivity index (χ0n) is 12.3. The van der Waals surface area contributed by atoms with Gasteiger partial charge in [-0.2, -0.15) is 0 Å². The van der Waals surface area contributed by atoms with Crippen LogP contribution in [0.1, 0.15) is 34.9 Å². The van der Waals surface area contributed by atoms with E-state index < -0.39 is 0 Å². The highest BCUT2D eigenvalue weighted by atomic mass is 32.1. The van der Waals surface area contributed by atoms with Crippen LogP contribution in [0.2, 0.25) is 0 Å². The fourth-order valence-corrected chi connectivity index (χ4v) is 4.10. The predicted molar refractivity (Wildman–Crippen MR) is 88.6 cm³/mol. The number of thiophene rings is 1. The van der Waals surface area contributed by atoms with Gasteiger partial charge in [-0.05, 0) is 48.4 Å². The van der Waals surface area contributed by atoms with E-state index in [1.807, 2.05) is 11.3 Å². The van der Waals surface area contributed by atoms with E-state index in [9.17, 15) is 0 Å². The van der Waals surface area contributed by atoms with Gasteiger partial charge in [0, 0.05) is 30.1 Å². The Morgan fingerprint density at radius 1 is 1.14 bits per heavy atom. The fourth-order valence-electron chi connectivity index (χ4n) is 3.38. The topological polar surface area (TPSA) is 15.3 Å². The molecule has 1 saturated carbocycles. The Labute approximate surface area is 130 Å². The van der Waals surface area contributed by atoms with Crippen molar-refractivity contribution in [1.82, 2.24) is 10.2 Å². The summed E-state index contributed by atoms with van der Waals surface area (Å²) in [5.74, 6) is 0. The molecular formula is C18H22N2S. The van der Waals surface area contributed by atoms with Crippen molar-refractivity contribution in [3.63, 3.8) is 0 Å². The Hall–Kier alpha value is -1.16. The van der Waals surface area contributed by atoms with Crippen LogP contribution < -0.4 is 5.32 Å². The van der Waals surface area contributed by atoms with E-state index in [0.29, 0.717) is 6.04 Å². The summed E-state index contributed by atoms with van der Waals surface area (Å²) < 4.78 is 0. The van der Waals surface area contributed by atoms with E-state index >= 15 is 0 Å². The molecule has 1 atom stereocenters. The van der Waals surface area contributed by atoms with Crippen LogP contribution in [-0.4, -0.2) is 24.0 Å². The summed E-state index contributed by atoms with van der Waals surface area (Å²) in [7, 11) is 0. The van der Waals surface area contributed by atoms with Crippen LogP contribution in [0.25, 0.3) is 0 Å². The Morgan fingerprint density at radius 3 is 2.86 bits per heavy atom. The molecule has 2 nitrogen and oxygen atoms in total. The second-order valence-corrected chi connectivity index (χ2v) is 7.23. The lowest BCUT2D eigenvalue weighted by molar-refractivity contribution is 0.223. The molecule has 0 saturated heterocycles. The minimum atomic E-state index is 0.496. The van der Waals surface area contributed by atoms with Crippen molar-refractivity contribution in [1.29, 1.82) is 0 Å². The summed E-state index contributed by atoms with van der Waals surface area (Å²) in [4.78, 5) is 4.18. The van der Waals surface area contributed by atoms with Crippen LogP contribution in [0.5, 0.6) is 0 Å². The normalized spacial score (nSPS) is 21.5. The highest BCUT2D eigenvalue weighted by Crippen LogP contribution is 2.32.